The number of ether oxygens (including phenoxy) is 1. The maximum atomic E-state index is 12.3. The number of benzene rings is 1. The number of para-hydroxylation sites is 1. The van der Waals surface area contributed by atoms with Crippen LogP contribution in [0.4, 0.5) is 0 Å². The first kappa shape index (κ1) is 14.4. The largest absolute Gasteiger partial charge is 0.493 e. The van der Waals surface area contributed by atoms with E-state index in [9.17, 15) is 4.79 Å². The first-order chi connectivity index (χ1) is 10.2. The molecule has 1 saturated heterocycles. The molecule has 3 rings (SSSR count). The zero-order chi connectivity index (χ0) is 14.7. The summed E-state index contributed by atoms with van der Waals surface area (Å²) in [7, 11) is 0. The van der Waals surface area contributed by atoms with Crippen LogP contribution in [0, 0.1) is 0 Å². The molecule has 2 aliphatic rings. The summed E-state index contributed by atoms with van der Waals surface area (Å²) in [5, 5.41) is 6.50. The molecule has 1 aromatic rings. The third-order valence-corrected chi connectivity index (χ3v) is 4.28. The van der Waals surface area contributed by atoms with Gasteiger partial charge in [0.15, 0.2) is 0 Å². The van der Waals surface area contributed by atoms with E-state index in [0.29, 0.717) is 19.2 Å². The maximum Gasteiger partial charge on any atom is 0.234 e. The van der Waals surface area contributed by atoms with Gasteiger partial charge in [-0.2, -0.15) is 0 Å². The van der Waals surface area contributed by atoms with Crippen LogP contribution in [-0.4, -0.2) is 49.6 Å². The number of piperazine rings is 1. The Hall–Kier alpha value is -1.59. The summed E-state index contributed by atoms with van der Waals surface area (Å²) < 4.78 is 5.63. The lowest BCUT2D eigenvalue weighted by atomic mass is 10.0. The summed E-state index contributed by atoms with van der Waals surface area (Å²) in [4.78, 5) is 14.6. The van der Waals surface area contributed by atoms with Crippen LogP contribution >= 0.6 is 0 Å². The van der Waals surface area contributed by atoms with Gasteiger partial charge >= 0.3 is 0 Å². The number of fused-ring (bicyclic) bond motifs is 1. The smallest absolute Gasteiger partial charge is 0.234 e. The van der Waals surface area contributed by atoms with E-state index in [1.165, 1.54) is 0 Å². The Morgan fingerprint density at radius 3 is 3.19 bits per heavy atom. The van der Waals surface area contributed by atoms with E-state index < -0.39 is 0 Å². The Balaban J connectivity index is 1.60. The fourth-order valence-electron chi connectivity index (χ4n) is 3.03. The van der Waals surface area contributed by atoms with Crippen LogP contribution in [0.2, 0.25) is 0 Å². The summed E-state index contributed by atoms with van der Waals surface area (Å²) in [5.74, 6) is 0.995. The molecule has 1 unspecified atom stereocenters. The van der Waals surface area contributed by atoms with Gasteiger partial charge in [0.1, 0.15) is 5.75 Å². The Morgan fingerprint density at radius 2 is 2.33 bits per heavy atom. The van der Waals surface area contributed by atoms with Gasteiger partial charge in [-0.15, -0.1) is 0 Å². The molecule has 0 aliphatic carbocycles. The molecule has 0 saturated carbocycles. The van der Waals surface area contributed by atoms with Gasteiger partial charge in [0.05, 0.1) is 19.2 Å². The van der Waals surface area contributed by atoms with Crippen LogP contribution in [0.15, 0.2) is 24.3 Å². The monoisotopic (exact) mass is 289 g/mol. The van der Waals surface area contributed by atoms with Gasteiger partial charge in [-0.05, 0) is 13.0 Å². The Bertz CT molecular complexity index is 506. The van der Waals surface area contributed by atoms with E-state index in [1.807, 2.05) is 24.3 Å². The summed E-state index contributed by atoms with van der Waals surface area (Å²) in [6.45, 7) is 6.13. The maximum absolute atomic E-state index is 12.3. The van der Waals surface area contributed by atoms with Crippen molar-refractivity contribution in [3.8, 4) is 5.75 Å². The van der Waals surface area contributed by atoms with Crippen LogP contribution < -0.4 is 15.4 Å². The Morgan fingerprint density at radius 1 is 1.48 bits per heavy atom. The number of hydrogen-bond donors (Lipinski definition) is 2. The van der Waals surface area contributed by atoms with Crippen molar-refractivity contribution < 1.29 is 9.53 Å². The topological polar surface area (TPSA) is 53.6 Å². The van der Waals surface area contributed by atoms with Gasteiger partial charge in [-0.3, -0.25) is 9.69 Å². The lowest BCUT2D eigenvalue weighted by molar-refractivity contribution is -0.123. The van der Waals surface area contributed by atoms with Crippen LogP contribution in [-0.2, 0) is 4.79 Å². The minimum absolute atomic E-state index is 0.0701. The van der Waals surface area contributed by atoms with E-state index in [2.05, 4.69) is 22.5 Å². The molecular weight excluding hydrogens is 266 g/mol. The van der Waals surface area contributed by atoms with E-state index in [4.69, 9.17) is 4.74 Å². The molecule has 2 heterocycles. The minimum Gasteiger partial charge on any atom is -0.493 e. The quantitative estimate of drug-likeness (QED) is 0.869. The lowest BCUT2D eigenvalue weighted by Crippen LogP contribution is -2.53. The average molecular weight is 289 g/mol. The number of rotatable bonds is 3. The molecule has 1 amide bonds. The summed E-state index contributed by atoms with van der Waals surface area (Å²) in [5.41, 5.74) is 1.09. The zero-order valence-electron chi connectivity index (χ0n) is 12.5. The molecule has 21 heavy (non-hydrogen) atoms. The van der Waals surface area contributed by atoms with Crippen LogP contribution in [0.1, 0.15) is 24.9 Å². The molecule has 0 aromatic heterocycles. The van der Waals surface area contributed by atoms with E-state index in [-0.39, 0.29) is 11.9 Å². The van der Waals surface area contributed by atoms with Gasteiger partial charge in [0.25, 0.3) is 0 Å². The SMILES string of the molecule is C[C@H]1CNCCN1CC(=O)NC1CCOc2ccccc21. The highest BCUT2D eigenvalue weighted by molar-refractivity contribution is 5.78. The second kappa shape index (κ2) is 6.45. The van der Waals surface area contributed by atoms with Crippen LogP contribution in [0.3, 0.4) is 0 Å². The molecule has 114 valence electrons. The minimum atomic E-state index is 0.0701. The van der Waals surface area contributed by atoms with Gasteiger partial charge in [0, 0.05) is 37.7 Å². The van der Waals surface area contributed by atoms with Gasteiger partial charge in [0.2, 0.25) is 5.91 Å². The first-order valence-electron chi connectivity index (χ1n) is 7.70. The number of carbonyl (C=O) groups is 1. The third-order valence-electron chi connectivity index (χ3n) is 4.28. The van der Waals surface area contributed by atoms with Crippen molar-refractivity contribution in [3.05, 3.63) is 29.8 Å². The predicted molar refractivity (Wildman–Crippen MR) is 81.3 cm³/mol. The van der Waals surface area contributed by atoms with Crippen molar-refractivity contribution in [3.63, 3.8) is 0 Å². The number of nitrogens with one attached hydrogen (secondary N) is 2. The van der Waals surface area contributed by atoms with E-state index in [0.717, 1.165) is 37.4 Å². The molecule has 1 fully saturated rings. The number of amides is 1. The highest BCUT2D eigenvalue weighted by atomic mass is 16.5. The molecule has 0 radical (unpaired) electrons. The van der Waals surface area contributed by atoms with Crippen molar-refractivity contribution in [2.24, 2.45) is 0 Å². The number of nitrogens with zero attached hydrogens (tertiary/aromatic N) is 1. The lowest BCUT2D eigenvalue weighted by Gasteiger charge is -2.34. The molecule has 2 atom stereocenters. The molecule has 2 aliphatic heterocycles. The van der Waals surface area contributed by atoms with E-state index in [1.54, 1.807) is 0 Å². The molecule has 5 heteroatoms. The highest BCUT2D eigenvalue weighted by Gasteiger charge is 2.25. The van der Waals surface area contributed by atoms with Crippen molar-refractivity contribution >= 4 is 5.91 Å². The fraction of sp³-hybridized carbons (Fsp3) is 0.562. The second-order valence-corrected chi connectivity index (χ2v) is 5.82. The third kappa shape index (κ3) is 3.36. The molecule has 1 aromatic carbocycles. The van der Waals surface area contributed by atoms with Crippen molar-refractivity contribution in [2.75, 3.05) is 32.8 Å². The fourth-order valence-corrected chi connectivity index (χ4v) is 3.03. The Labute approximate surface area is 125 Å². The van der Waals surface area contributed by atoms with Gasteiger partial charge in [-0.1, -0.05) is 18.2 Å². The summed E-state index contributed by atoms with van der Waals surface area (Å²) in [6.07, 6.45) is 0.833. The van der Waals surface area contributed by atoms with Gasteiger partial charge in [-0.25, -0.2) is 0 Å². The van der Waals surface area contributed by atoms with Crippen LogP contribution in [0.25, 0.3) is 0 Å². The van der Waals surface area contributed by atoms with Crippen molar-refractivity contribution in [1.29, 1.82) is 0 Å². The predicted octanol–water partition coefficient (Wildman–Crippen LogP) is 0.920. The van der Waals surface area contributed by atoms with Crippen LogP contribution in [0.5, 0.6) is 5.75 Å². The summed E-state index contributed by atoms with van der Waals surface area (Å²) in [6, 6.07) is 8.43. The molecular formula is C16H23N3O2. The standard InChI is InChI=1S/C16H23N3O2/c1-12-10-17-7-8-19(12)11-16(20)18-14-6-9-21-15-5-3-2-4-13(14)15/h2-5,12,14,17H,6-11H2,1H3,(H,18,20)/t12-,14?/m0/s1. The van der Waals surface area contributed by atoms with E-state index >= 15 is 0 Å². The summed E-state index contributed by atoms with van der Waals surface area (Å²) >= 11 is 0. The van der Waals surface area contributed by atoms with Crippen molar-refractivity contribution in [1.82, 2.24) is 15.5 Å². The second-order valence-electron chi connectivity index (χ2n) is 5.82. The molecule has 0 spiro atoms. The zero-order valence-corrected chi connectivity index (χ0v) is 12.5. The first-order valence-corrected chi connectivity index (χ1v) is 7.70. The average Bonchev–Trinajstić information content (AvgIpc) is 2.50. The molecule has 2 N–H and O–H groups in total. The number of carbonyl (C=O) groups excluding carboxylic acids is 1. The molecule has 0 bridgehead atoms. The highest BCUT2D eigenvalue weighted by Crippen LogP contribution is 2.31. The normalized spacial score (nSPS) is 25.8. The van der Waals surface area contributed by atoms with Crippen molar-refractivity contribution in [2.45, 2.75) is 25.4 Å². The molecule has 5 nitrogen and oxygen atoms in total. The number of hydrogen-bond acceptors (Lipinski definition) is 4. The van der Waals surface area contributed by atoms with Gasteiger partial charge < -0.3 is 15.4 Å². The Kier molecular flexibility index (Phi) is 4.41.